The summed E-state index contributed by atoms with van der Waals surface area (Å²) in [6.45, 7) is 1.71. The number of carbonyl (C=O) groups is 1. The van der Waals surface area contributed by atoms with Gasteiger partial charge in [0.25, 0.3) is 10.0 Å². The second-order valence-electron chi connectivity index (χ2n) is 4.27. The van der Waals surface area contributed by atoms with Crippen LogP contribution in [0.1, 0.15) is 15.2 Å². The Kier molecular flexibility index (Phi) is 4.40. The highest BCUT2D eigenvalue weighted by Crippen LogP contribution is 2.33. The Balaban J connectivity index is 2.56. The average Bonchev–Trinajstić information content (AvgIpc) is 2.77. The molecule has 0 aliphatic carbocycles. The van der Waals surface area contributed by atoms with Crippen LogP contribution in [0.25, 0.3) is 0 Å². The van der Waals surface area contributed by atoms with Gasteiger partial charge >= 0.3 is 5.97 Å². The Morgan fingerprint density at radius 1 is 1.33 bits per heavy atom. The van der Waals surface area contributed by atoms with Crippen LogP contribution in [0.2, 0.25) is 0 Å². The molecule has 0 saturated heterocycles. The zero-order valence-electron chi connectivity index (χ0n) is 11.2. The Bertz CT molecular complexity index is 798. The first-order chi connectivity index (χ1) is 9.75. The third kappa shape index (κ3) is 2.97. The highest BCUT2D eigenvalue weighted by molar-refractivity contribution is 9.11. The number of anilines is 1. The number of aromatic carboxylic acids is 1. The quantitative estimate of drug-likeness (QED) is 0.869. The fourth-order valence-electron chi connectivity index (χ4n) is 1.89. The number of hydrogen-bond acceptors (Lipinski definition) is 4. The van der Waals surface area contributed by atoms with E-state index < -0.39 is 16.0 Å². The molecule has 1 aromatic heterocycles. The molecule has 0 aliphatic rings. The van der Waals surface area contributed by atoms with E-state index in [1.807, 2.05) is 0 Å². The summed E-state index contributed by atoms with van der Waals surface area (Å²) >= 11 is 4.57. The Hall–Kier alpha value is -1.38. The van der Waals surface area contributed by atoms with Crippen molar-refractivity contribution in [3.8, 4) is 0 Å². The minimum absolute atomic E-state index is 0.0597. The zero-order chi connectivity index (χ0) is 15.8. The van der Waals surface area contributed by atoms with E-state index in [0.29, 0.717) is 8.66 Å². The van der Waals surface area contributed by atoms with Crippen LogP contribution in [0.15, 0.2) is 39.0 Å². The SMILES string of the molecule is Cc1sc(Br)cc1S(=O)(=O)N(C)c1ccccc1C(=O)O. The molecule has 8 heteroatoms. The monoisotopic (exact) mass is 389 g/mol. The van der Waals surface area contributed by atoms with Crippen molar-refractivity contribution in [1.29, 1.82) is 0 Å². The molecule has 0 atom stereocenters. The van der Waals surface area contributed by atoms with Crippen LogP contribution in [-0.2, 0) is 10.0 Å². The first-order valence-electron chi connectivity index (χ1n) is 5.82. The van der Waals surface area contributed by atoms with Gasteiger partial charge in [-0.25, -0.2) is 13.2 Å². The molecule has 1 N–H and O–H groups in total. The summed E-state index contributed by atoms with van der Waals surface area (Å²) in [6, 6.07) is 7.52. The fourth-order valence-corrected chi connectivity index (χ4v) is 5.49. The first-order valence-corrected chi connectivity index (χ1v) is 8.87. The molecule has 2 aromatic rings. The van der Waals surface area contributed by atoms with Crippen molar-refractivity contribution in [3.63, 3.8) is 0 Å². The van der Waals surface area contributed by atoms with Gasteiger partial charge in [-0.1, -0.05) is 12.1 Å². The zero-order valence-corrected chi connectivity index (χ0v) is 14.4. The van der Waals surface area contributed by atoms with E-state index in [2.05, 4.69) is 15.9 Å². The molecular formula is C13H12BrNO4S2. The number of nitrogens with zero attached hydrogens (tertiary/aromatic N) is 1. The highest BCUT2D eigenvalue weighted by Gasteiger charge is 2.27. The summed E-state index contributed by atoms with van der Waals surface area (Å²) in [5.41, 5.74) is 0.0715. The summed E-state index contributed by atoms with van der Waals surface area (Å²) < 4.78 is 27.0. The molecule has 0 fully saturated rings. The molecule has 0 aliphatic heterocycles. The average molecular weight is 390 g/mol. The largest absolute Gasteiger partial charge is 0.478 e. The molecular weight excluding hydrogens is 378 g/mol. The van der Waals surface area contributed by atoms with Gasteiger partial charge in [0.15, 0.2) is 0 Å². The minimum atomic E-state index is -3.81. The number of halogens is 1. The van der Waals surface area contributed by atoms with Gasteiger partial charge in [-0.15, -0.1) is 11.3 Å². The van der Waals surface area contributed by atoms with E-state index in [0.717, 1.165) is 4.31 Å². The van der Waals surface area contributed by atoms with Crippen molar-refractivity contribution in [2.24, 2.45) is 0 Å². The van der Waals surface area contributed by atoms with Crippen LogP contribution in [0.4, 0.5) is 5.69 Å². The number of sulfonamides is 1. The van der Waals surface area contributed by atoms with Gasteiger partial charge < -0.3 is 5.11 Å². The maximum Gasteiger partial charge on any atom is 0.337 e. The smallest absolute Gasteiger partial charge is 0.337 e. The van der Waals surface area contributed by atoms with Crippen molar-refractivity contribution in [3.05, 3.63) is 44.6 Å². The van der Waals surface area contributed by atoms with Gasteiger partial charge in [0, 0.05) is 11.9 Å². The second-order valence-corrected chi connectivity index (χ2v) is 8.84. The van der Waals surface area contributed by atoms with Gasteiger partial charge in [0.05, 0.1) is 15.0 Å². The predicted molar refractivity (Wildman–Crippen MR) is 85.7 cm³/mol. The summed E-state index contributed by atoms with van der Waals surface area (Å²) in [7, 11) is -2.46. The van der Waals surface area contributed by atoms with E-state index in [1.165, 1.54) is 36.6 Å². The third-order valence-corrected chi connectivity index (χ3v) is 6.53. The van der Waals surface area contributed by atoms with E-state index in [4.69, 9.17) is 0 Å². The van der Waals surface area contributed by atoms with Crippen LogP contribution in [-0.4, -0.2) is 26.5 Å². The number of para-hydroxylation sites is 1. The molecule has 112 valence electrons. The normalized spacial score (nSPS) is 11.4. The van der Waals surface area contributed by atoms with Gasteiger partial charge in [0.1, 0.15) is 4.90 Å². The fraction of sp³-hybridized carbons (Fsp3) is 0.154. The highest BCUT2D eigenvalue weighted by atomic mass is 79.9. The Morgan fingerprint density at radius 3 is 2.48 bits per heavy atom. The van der Waals surface area contributed by atoms with Gasteiger partial charge in [-0.2, -0.15) is 0 Å². The van der Waals surface area contributed by atoms with Crippen LogP contribution >= 0.6 is 27.3 Å². The molecule has 5 nitrogen and oxygen atoms in total. The lowest BCUT2D eigenvalue weighted by Gasteiger charge is -2.21. The lowest BCUT2D eigenvalue weighted by Crippen LogP contribution is -2.28. The number of rotatable bonds is 4. The lowest BCUT2D eigenvalue weighted by molar-refractivity contribution is 0.0698. The van der Waals surface area contributed by atoms with Crippen molar-refractivity contribution in [2.75, 3.05) is 11.4 Å². The molecule has 21 heavy (non-hydrogen) atoms. The van der Waals surface area contributed by atoms with Crippen LogP contribution in [0.5, 0.6) is 0 Å². The summed E-state index contributed by atoms with van der Waals surface area (Å²) in [5.74, 6) is -1.17. The molecule has 0 spiro atoms. The summed E-state index contributed by atoms with van der Waals surface area (Å²) in [5, 5.41) is 9.18. The first kappa shape index (κ1) is 16.0. The lowest BCUT2D eigenvalue weighted by atomic mass is 10.2. The molecule has 0 unspecified atom stereocenters. The van der Waals surface area contributed by atoms with E-state index in [-0.39, 0.29) is 16.1 Å². The van der Waals surface area contributed by atoms with Crippen molar-refractivity contribution < 1.29 is 18.3 Å². The maximum absolute atomic E-state index is 12.7. The van der Waals surface area contributed by atoms with Gasteiger partial charge in [0.2, 0.25) is 0 Å². The molecule has 0 radical (unpaired) electrons. The maximum atomic E-state index is 12.7. The molecule has 0 amide bonds. The van der Waals surface area contributed by atoms with Gasteiger partial charge in [-0.05, 0) is 41.1 Å². The van der Waals surface area contributed by atoms with Crippen LogP contribution in [0, 0.1) is 6.92 Å². The van der Waals surface area contributed by atoms with Gasteiger partial charge in [-0.3, -0.25) is 4.31 Å². The number of carboxylic acid groups (broad SMARTS) is 1. The topological polar surface area (TPSA) is 74.7 Å². The van der Waals surface area contributed by atoms with E-state index >= 15 is 0 Å². The van der Waals surface area contributed by atoms with Crippen LogP contribution in [0.3, 0.4) is 0 Å². The van der Waals surface area contributed by atoms with Crippen LogP contribution < -0.4 is 4.31 Å². The molecule has 1 heterocycles. The summed E-state index contributed by atoms with van der Waals surface area (Å²) in [4.78, 5) is 12.0. The number of benzene rings is 1. The minimum Gasteiger partial charge on any atom is -0.478 e. The van der Waals surface area contributed by atoms with Crippen molar-refractivity contribution in [1.82, 2.24) is 0 Å². The second kappa shape index (κ2) is 5.78. The number of carboxylic acids is 1. The number of aryl methyl sites for hydroxylation is 1. The summed E-state index contributed by atoms with van der Waals surface area (Å²) in [6.07, 6.45) is 0. The van der Waals surface area contributed by atoms with Crippen molar-refractivity contribution >= 4 is 48.9 Å². The number of thiophene rings is 1. The molecule has 1 aromatic carbocycles. The van der Waals surface area contributed by atoms with Crippen molar-refractivity contribution in [2.45, 2.75) is 11.8 Å². The van der Waals surface area contributed by atoms with E-state index in [9.17, 15) is 18.3 Å². The Labute approximate surface area is 135 Å². The Morgan fingerprint density at radius 2 is 1.95 bits per heavy atom. The molecule has 2 rings (SSSR count). The van der Waals surface area contributed by atoms with E-state index in [1.54, 1.807) is 19.1 Å². The molecule has 0 bridgehead atoms. The number of hydrogen-bond donors (Lipinski definition) is 1. The molecule has 0 saturated carbocycles. The predicted octanol–water partition coefficient (Wildman–Crippen LogP) is 3.34. The standard InChI is InChI=1S/C13H12BrNO4S2/c1-8-11(7-12(14)20-8)21(18,19)15(2)10-6-4-3-5-9(10)13(16)17/h3-7H,1-2H3,(H,16,17). The third-order valence-electron chi connectivity index (χ3n) is 2.95.